The largest absolute Gasteiger partial charge is 0.477 e. The van der Waals surface area contributed by atoms with E-state index in [1.54, 1.807) is 19.1 Å². The van der Waals surface area contributed by atoms with Crippen molar-refractivity contribution in [2.24, 2.45) is 4.40 Å². The number of ether oxygens (including phenoxy) is 1. The summed E-state index contributed by atoms with van der Waals surface area (Å²) < 4.78 is 33.9. The topological polar surface area (TPSA) is 72.8 Å². The van der Waals surface area contributed by atoms with Crippen LogP contribution in [0.25, 0.3) is 0 Å². The van der Waals surface area contributed by atoms with Crippen molar-refractivity contribution in [1.82, 2.24) is 0 Å². The molecule has 0 saturated heterocycles. The highest BCUT2D eigenvalue weighted by molar-refractivity contribution is 9.12. The highest BCUT2D eigenvalue weighted by Crippen LogP contribution is 2.16. The highest BCUT2D eigenvalue weighted by Gasteiger charge is 2.15. The lowest BCUT2D eigenvalue weighted by Gasteiger charge is -2.05. The van der Waals surface area contributed by atoms with E-state index in [9.17, 15) is 13.2 Å². The molecule has 0 radical (unpaired) electrons. The van der Waals surface area contributed by atoms with Gasteiger partial charge in [0.25, 0.3) is 10.0 Å². The zero-order valence-electron chi connectivity index (χ0n) is 14.1. The molecule has 0 amide bonds. The van der Waals surface area contributed by atoms with Crippen molar-refractivity contribution < 1.29 is 17.9 Å². The SMILES string of the molecule is CCCCC(=O)/C(Br)=C\C(=N\S(=O)(=O)c1ccc(C)cc1)OCC. The van der Waals surface area contributed by atoms with Crippen LogP contribution in [0.4, 0.5) is 0 Å². The second-order valence-corrected chi connectivity index (χ2v) is 7.63. The first kappa shape index (κ1) is 20.6. The fourth-order valence-electron chi connectivity index (χ4n) is 1.77. The van der Waals surface area contributed by atoms with Gasteiger partial charge in [-0.25, -0.2) is 0 Å². The van der Waals surface area contributed by atoms with Crippen LogP contribution in [0.2, 0.25) is 0 Å². The quantitative estimate of drug-likeness (QED) is 0.363. The fourth-order valence-corrected chi connectivity index (χ4v) is 3.09. The molecule has 0 atom stereocenters. The molecular weight excluding hydrogens is 394 g/mol. The third kappa shape index (κ3) is 6.57. The molecule has 5 nitrogen and oxygen atoms in total. The van der Waals surface area contributed by atoms with E-state index < -0.39 is 10.0 Å². The summed E-state index contributed by atoms with van der Waals surface area (Å²) in [5.41, 5.74) is 0.951. The normalized spacial score (nSPS) is 13.0. The Bertz CT molecular complexity index is 721. The zero-order chi connectivity index (χ0) is 18.2. The van der Waals surface area contributed by atoms with Gasteiger partial charge in [0.1, 0.15) is 0 Å². The summed E-state index contributed by atoms with van der Waals surface area (Å²) in [6.07, 6.45) is 3.37. The van der Waals surface area contributed by atoms with Crippen LogP contribution in [0.1, 0.15) is 38.7 Å². The number of carbonyl (C=O) groups is 1. The molecule has 1 aromatic rings. The third-order valence-electron chi connectivity index (χ3n) is 3.10. The summed E-state index contributed by atoms with van der Waals surface area (Å²) in [4.78, 5) is 12.0. The zero-order valence-corrected chi connectivity index (χ0v) is 16.5. The van der Waals surface area contributed by atoms with E-state index in [0.717, 1.165) is 18.4 Å². The molecule has 24 heavy (non-hydrogen) atoms. The number of carbonyl (C=O) groups excluding carboxylic acids is 1. The molecule has 0 fully saturated rings. The van der Waals surface area contributed by atoms with E-state index in [1.165, 1.54) is 18.2 Å². The number of benzene rings is 1. The van der Waals surface area contributed by atoms with Gasteiger partial charge in [-0.3, -0.25) is 4.79 Å². The van der Waals surface area contributed by atoms with Gasteiger partial charge >= 0.3 is 0 Å². The van der Waals surface area contributed by atoms with Gasteiger partial charge in [-0.05, 0) is 48.3 Å². The number of hydrogen-bond donors (Lipinski definition) is 0. The maximum Gasteiger partial charge on any atom is 0.285 e. The monoisotopic (exact) mass is 415 g/mol. The van der Waals surface area contributed by atoms with Gasteiger partial charge in [-0.15, -0.1) is 4.40 Å². The van der Waals surface area contributed by atoms with Gasteiger partial charge in [0, 0.05) is 12.5 Å². The lowest BCUT2D eigenvalue weighted by atomic mass is 10.2. The number of nitrogens with zero attached hydrogens (tertiary/aromatic N) is 1. The van der Waals surface area contributed by atoms with Crippen molar-refractivity contribution in [1.29, 1.82) is 0 Å². The van der Waals surface area contributed by atoms with Crippen LogP contribution in [-0.4, -0.2) is 26.7 Å². The van der Waals surface area contributed by atoms with Crippen molar-refractivity contribution in [3.8, 4) is 0 Å². The van der Waals surface area contributed by atoms with E-state index in [0.29, 0.717) is 6.42 Å². The molecule has 7 heteroatoms. The summed E-state index contributed by atoms with van der Waals surface area (Å²) >= 11 is 3.17. The average Bonchev–Trinajstić information content (AvgIpc) is 2.52. The first-order chi connectivity index (χ1) is 11.3. The molecule has 0 saturated carbocycles. The molecule has 0 aromatic heterocycles. The van der Waals surface area contributed by atoms with Gasteiger partial charge in [-0.2, -0.15) is 8.42 Å². The van der Waals surface area contributed by atoms with Gasteiger partial charge in [0.15, 0.2) is 5.78 Å². The Labute approximate surface area is 152 Å². The van der Waals surface area contributed by atoms with Gasteiger partial charge in [-0.1, -0.05) is 31.0 Å². The maximum atomic E-state index is 12.4. The number of aryl methyl sites for hydroxylation is 1. The van der Waals surface area contributed by atoms with Crippen LogP contribution in [0, 0.1) is 6.92 Å². The first-order valence-electron chi connectivity index (χ1n) is 7.75. The van der Waals surface area contributed by atoms with Crippen molar-refractivity contribution in [2.75, 3.05) is 6.61 Å². The Kier molecular flexibility index (Phi) is 8.35. The molecule has 0 aliphatic carbocycles. The van der Waals surface area contributed by atoms with Crippen LogP contribution in [-0.2, 0) is 19.6 Å². The van der Waals surface area contributed by atoms with Crippen molar-refractivity contribution in [3.05, 3.63) is 40.4 Å². The molecular formula is C17H22BrNO4S. The Morgan fingerprint density at radius 1 is 1.25 bits per heavy atom. The van der Waals surface area contributed by atoms with Gasteiger partial charge in [0.05, 0.1) is 16.0 Å². The Balaban J connectivity index is 3.11. The summed E-state index contributed by atoms with van der Waals surface area (Å²) in [5.74, 6) is -0.230. The molecule has 0 bridgehead atoms. The molecule has 0 spiro atoms. The number of ketones is 1. The first-order valence-corrected chi connectivity index (χ1v) is 9.98. The second-order valence-electron chi connectivity index (χ2n) is 5.17. The molecule has 0 heterocycles. The van der Waals surface area contributed by atoms with Gasteiger partial charge in [0.2, 0.25) is 5.90 Å². The molecule has 1 aromatic carbocycles. The number of halogens is 1. The maximum absolute atomic E-state index is 12.4. The van der Waals surface area contributed by atoms with E-state index in [-0.39, 0.29) is 27.7 Å². The van der Waals surface area contributed by atoms with E-state index in [4.69, 9.17) is 4.74 Å². The van der Waals surface area contributed by atoms with Crippen molar-refractivity contribution >= 4 is 37.6 Å². The molecule has 0 N–H and O–H groups in total. The van der Waals surface area contributed by atoms with Crippen LogP contribution in [0.15, 0.2) is 44.1 Å². The van der Waals surface area contributed by atoms with E-state index >= 15 is 0 Å². The second kappa shape index (κ2) is 9.74. The summed E-state index contributed by atoms with van der Waals surface area (Å²) in [6.45, 7) is 5.82. The highest BCUT2D eigenvalue weighted by atomic mass is 79.9. The Morgan fingerprint density at radius 2 is 1.88 bits per heavy atom. The van der Waals surface area contributed by atoms with Crippen LogP contribution in [0.5, 0.6) is 0 Å². The van der Waals surface area contributed by atoms with Crippen molar-refractivity contribution in [2.45, 2.75) is 44.9 Å². The minimum Gasteiger partial charge on any atom is -0.477 e. The summed E-state index contributed by atoms with van der Waals surface area (Å²) in [5, 5.41) is 0. The van der Waals surface area contributed by atoms with Crippen molar-refractivity contribution in [3.63, 3.8) is 0 Å². The molecule has 132 valence electrons. The Hall–Kier alpha value is -1.47. The number of Topliss-reactive ketones (excluding diaryl/α,β-unsaturated/α-hetero) is 1. The number of sulfonamides is 1. The van der Waals surface area contributed by atoms with Crippen LogP contribution in [0.3, 0.4) is 0 Å². The Morgan fingerprint density at radius 3 is 2.42 bits per heavy atom. The molecule has 0 aliphatic rings. The lowest BCUT2D eigenvalue weighted by molar-refractivity contribution is -0.114. The number of rotatable bonds is 8. The third-order valence-corrected chi connectivity index (χ3v) is 5.05. The fraction of sp³-hybridized carbons (Fsp3) is 0.412. The molecule has 0 unspecified atom stereocenters. The van der Waals surface area contributed by atoms with Crippen LogP contribution < -0.4 is 0 Å². The minimum atomic E-state index is -3.90. The number of hydrogen-bond acceptors (Lipinski definition) is 4. The standard InChI is InChI=1S/C17H22BrNO4S/c1-4-6-7-16(20)15(18)12-17(23-5-2)19-24(21,22)14-10-8-13(3)9-11-14/h8-12H,4-7H2,1-3H3/b15-12+,19-17-. The van der Waals surface area contributed by atoms with Gasteiger partial charge < -0.3 is 4.74 Å². The van der Waals surface area contributed by atoms with Crippen LogP contribution >= 0.6 is 15.9 Å². The van der Waals surface area contributed by atoms with E-state index in [1.807, 2.05) is 13.8 Å². The molecule has 0 aliphatic heterocycles. The van der Waals surface area contributed by atoms with E-state index in [2.05, 4.69) is 20.3 Å². The molecule has 1 rings (SSSR count). The summed E-state index contributed by atoms with van der Waals surface area (Å²) in [7, 11) is -3.90. The number of unbranched alkanes of at least 4 members (excludes halogenated alkanes) is 1. The predicted octanol–water partition coefficient (Wildman–Crippen LogP) is 4.16. The smallest absolute Gasteiger partial charge is 0.285 e. The minimum absolute atomic E-state index is 0.0761. The lowest BCUT2D eigenvalue weighted by Crippen LogP contribution is -2.09. The average molecular weight is 416 g/mol. The predicted molar refractivity (Wildman–Crippen MR) is 99.0 cm³/mol. The number of allylic oxidation sites excluding steroid dienone is 1. The summed E-state index contributed by atoms with van der Waals surface area (Å²) in [6, 6.07) is 6.37.